The number of rotatable bonds is 3. The van der Waals surface area contributed by atoms with Crippen molar-refractivity contribution in [3.05, 3.63) is 71.1 Å². The van der Waals surface area contributed by atoms with Gasteiger partial charge >= 0.3 is 0 Å². The predicted octanol–water partition coefficient (Wildman–Crippen LogP) is 4.33. The van der Waals surface area contributed by atoms with Gasteiger partial charge in [-0.2, -0.15) is 0 Å². The van der Waals surface area contributed by atoms with E-state index in [-0.39, 0.29) is 5.91 Å². The second-order valence-electron chi connectivity index (χ2n) is 5.92. The Balaban J connectivity index is 1.79. The Morgan fingerprint density at radius 1 is 1.20 bits per heavy atom. The summed E-state index contributed by atoms with van der Waals surface area (Å²) in [4.78, 5) is 21.4. The van der Waals surface area contributed by atoms with Crippen molar-refractivity contribution in [1.29, 1.82) is 0 Å². The van der Waals surface area contributed by atoms with E-state index in [0.29, 0.717) is 16.3 Å². The van der Waals surface area contributed by atoms with Crippen LogP contribution in [0.3, 0.4) is 0 Å². The van der Waals surface area contributed by atoms with Gasteiger partial charge in [-0.3, -0.25) is 10.1 Å². The highest BCUT2D eigenvalue weighted by Gasteiger charge is 2.15. The van der Waals surface area contributed by atoms with E-state index in [9.17, 15) is 4.79 Å². The molecule has 0 unspecified atom stereocenters. The molecule has 0 spiro atoms. The van der Waals surface area contributed by atoms with Crippen molar-refractivity contribution in [2.75, 3.05) is 5.32 Å². The molecule has 0 fully saturated rings. The molecule has 3 aromatic heterocycles. The SMILES string of the molecule is Cc1cccc(-c2cc(C(=O)Nc3nc(C)cs3)c3nccn3c2)c1. The van der Waals surface area contributed by atoms with Gasteiger partial charge in [-0.1, -0.05) is 29.8 Å². The van der Waals surface area contributed by atoms with Crippen molar-refractivity contribution in [3.8, 4) is 11.1 Å². The van der Waals surface area contributed by atoms with Crippen LogP contribution in [0.4, 0.5) is 5.13 Å². The van der Waals surface area contributed by atoms with Crippen LogP contribution in [0.2, 0.25) is 0 Å². The van der Waals surface area contributed by atoms with Crippen molar-refractivity contribution < 1.29 is 4.79 Å². The summed E-state index contributed by atoms with van der Waals surface area (Å²) in [5.41, 5.74) is 5.25. The molecular weight excluding hydrogens is 332 g/mol. The standard InChI is InChI=1S/C19H16N4OS/c1-12-4-3-5-14(8-12)15-9-16(17-20-6-7-23(17)10-15)18(24)22-19-21-13(2)11-25-19/h3-11H,1-2H3,(H,21,22,24). The molecule has 5 nitrogen and oxygen atoms in total. The average Bonchev–Trinajstić information content (AvgIpc) is 3.22. The van der Waals surface area contributed by atoms with E-state index in [1.54, 1.807) is 6.20 Å². The normalized spacial score (nSPS) is 11.0. The van der Waals surface area contributed by atoms with Gasteiger partial charge in [0.25, 0.3) is 5.91 Å². The van der Waals surface area contributed by atoms with Gasteiger partial charge in [0.15, 0.2) is 5.13 Å². The Kier molecular flexibility index (Phi) is 3.82. The topological polar surface area (TPSA) is 59.3 Å². The van der Waals surface area contributed by atoms with E-state index in [0.717, 1.165) is 16.8 Å². The van der Waals surface area contributed by atoms with Gasteiger partial charge in [0, 0.05) is 24.0 Å². The molecule has 1 aromatic carbocycles. The van der Waals surface area contributed by atoms with Gasteiger partial charge in [0.1, 0.15) is 5.65 Å². The molecule has 6 heteroatoms. The number of anilines is 1. The summed E-state index contributed by atoms with van der Waals surface area (Å²) in [6.07, 6.45) is 5.53. The van der Waals surface area contributed by atoms with Gasteiger partial charge in [0.2, 0.25) is 0 Å². The molecule has 1 amide bonds. The summed E-state index contributed by atoms with van der Waals surface area (Å²) in [5, 5.41) is 5.36. The molecule has 4 aromatic rings. The first-order valence-electron chi connectivity index (χ1n) is 7.87. The number of carbonyl (C=O) groups is 1. The third kappa shape index (κ3) is 3.04. The van der Waals surface area contributed by atoms with Crippen LogP contribution in [0, 0.1) is 13.8 Å². The zero-order chi connectivity index (χ0) is 17.4. The highest BCUT2D eigenvalue weighted by Crippen LogP contribution is 2.25. The smallest absolute Gasteiger partial charge is 0.261 e. The average molecular weight is 348 g/mol. The van der Waals surface area contributed by atoms with Crippen molar-refractivity contribution >= 4 is 28.0 Å². The lowest BCUT2D eigenvalue weighted by atomic mass is 10.0. The number of imidazole rings is 1. The first-order valence-corrected chi connectivity index (χ1v) is 8.75. The second-order valence-corrected chi connectivity index (χ2v) is 6.78. The van der Waals surface area contributed by atoms with Gasteiger partial charge in [0.05, 0.1) is 11.3 Å². The van der Waals surface area contributed by atoms with Crippen LogP contribution in [-0.2, 0) is 0 Å². The van der Waals surface area contributed by atoms with E-state index < -0.39 is 0 Å². The molecule has 0 radical (unpaired) electrons. The Labute approximate surface area is 149 Å². The van der Waals surface area contributed by atoms with Crippen LogP contribution in [0.15, 0.2) is 54.3 Å². The van der Waals surface area contributed by atoms with Gasteiger partial charge in [-0.05, 0) is 31.0 Å². The van der Waals surface area contributed by atoms with Crippen LogP contribution in [-0.4, -0.2) is 20.3 Å². The Morgan fingerprint density at radius 2 is 2.08 bits per heavy atom. The molecule has 0 atom stereocenters. The molecule has 0 aliphatic heterocycles. The fraction of sp³-hybridized carbons (Fsp3) is 0.105. The van der Waals surface area contributed by atoms with E-state index in [1.807, 2.05) is 47.3 Å². The minimum Gasteiger partial charge on any atom is -0.306 e. The fourth-order valence-corrected chi connectivity index (χ4v) is 3.44. The predicted molar refractivity (Wildman–Crippen MR) is 100 cm³/mol. The summed E-state index contributed by atoms with van der Waals surface area (Å²) >= 11 is 1.41. The number of aryl methyl sites for hydroxylation is 2. The number of hydrogen-bond acceptors (Lipinski definition) is 4. The lowest BCUT2D eigenvalue weighted by Crippen LogP contribution is -2.13. The summed E-state index contributed by atoms with van der Waals surface area (Å²) in [6, 6.07) is 10.1. The second kappa shape index (κ2) is 6.14. The summed E-state index contributed by atoms with van der Waals surface area (Å²) in [5.74, 6) is -0.208. The highest BCUT2D eigenvalue weighted by atomic mass is 32.1. The Bertz CT molecular complexity index is 1080. The number of aromatic nitrogens is 3. The molecule has 0 aliphatic carbocycles. The van der Waals surface area contributed by atoms with Crippen molar-refractivity contribution in [1.82, 2.24) is 14.4 Å². The number of amides is 1. The first-order chi connectivity index (χ1) is 12.1. The quantitative estimate of drug-likeness (QED) is 0.599. The third-order valence-electron chi connectivity index (χ3n) is 3.92. The fourth-order valence-electron chi connectivity index (χ4n) is 2.76. The zero-order valence-corrected chi connectivity index (χ0v) is 14.7. The van der Waals surface area contributed by atoms with Crippen LogP contribution in [0.5, 0.6) is 0 Å². The van der Waals surface area contributed by atoms with E-state index >= 15 is 0 Å². The summed E-state index contributed by atoms with van der Waals surface area (Å²) < 4.78 is 1.87. The Hall–Kier alpha value is -2.99. The maximum absolute atomic E-state index is 12.8. The van der Waals surface area contributed by atoms with Crippen molar-refractivity contribution in [2.45, 2.75) is 13.8 Å². The van der Waals surface area contributed by atoms with E-state index in [4.69, 9.17) is 0 Å². The molecule has 0 aliphatic rings. The lowest BCUT2D eigenvalue weighted by Gasteiger charge is -2.09. The number of pyridine rings is 1. The van der Waals surface area contributed by atoms with Gasteiger partial charge in [-0.25, -0.2) is 9.97 Å². The van der Waals surface area contributed by atoms with Crippen LogP contribution in [0.25, 0.3) is 16.8 Å². The van der Waals surface area contributed by atoms with Crippen molar-refractivity contribution in [2.24, 2.45) is 0 Å². The number of carbonyl (C=O) groups excluding carboxylic acids is 1. The molecule has 0 saturated carbocycles. The number of hydrogen-bond donors (Lipinski definition) is 1. The van der Waals surface area contributed by atoms with Crippen LogP contribution >= 0.6 is 11.3 Å². The van der Waals surface area contributed by atoms with Crippen LogP contribution < -0.4 is 5.32 Å². The molecule has 4 rings (SSSR count). The molecule has 0 bridgehead atoms. The largest absolute Gasteiger partial charge is 0.306 e. The monoisotopic (exact) mass is 348 g/mol. The molecule has 1 N–H and O–H groups in total. The van der Waals surface area contributed by atoms with Gasteiger partial charge < -0.3 is 4.40 Å². The van der Waals surface area contributed by atoms with E-state index in [2.05, 4.69) is 34.3 Å². The number of benzene rings is 1. The Morgan fingerprint density at radius 3 is 2.84 bits per heavy atom. The number of fused-ring (bicyclic) bond motifs is 1. The molecule has 3 heterocycles. The van der Waals surface area contributed by atoms with Crippen LogP contribution in [0.1, 0.15) is 21.6 Å². The molecule has 124 valence electrons. The summed E-state index contributed by atoms with van der Waals surface area (Å²) in [7, 11) is 0. The van der Waals surface area contributed by atoms with Crippen molar-refractivity contribution in [3.63, 3.8) is 0 Å². The summed E-state index contributed by atoms with van der Waals surface area (Å²) in [6.45, 7) is 3.95. The number of thiazole rings is 1. The third-order valence-corrected chi connectivity index (χ3v) is 4.80. The molecular formula is C19H16N4OS. The maximum Gasteiger partial charge on any atom is 0.261 e. The molecule has 0 saturated heterocycles. The number of nitrogens with one attached hydrogen (secondary N) is 1. The molecule has 25 heavy (non-hydrogen) atoms. The van der Waals surface area contributed by atoms with E-state index in [1.165, 1.54) is 16.9 Å². The maximum atomic E-state index is 12.8. The van der Waals surface area contributed by atoms with Gasteiger partial charge in [-0.15, -0.1) is 11.3 Å². The minimum absolute atomic E-state index is 0.208. The highest BCUT2D eigenvalue weighted by molar-refractivity contribution is 7.13. The first kappa shape index (κ1) is 15.5. The number of nitrogens with zero attached hydrogens (tertiary/aromatic N) is 3. The lowest BCUT2D eigenvalue weighted by molar-refractivity contribution is 0.102. The minimum atomic E-state index is -0.208. The zero-order valence-electron chi connectivity index (χ0n) is 13.9.